The van der Waals surface area contributed by atoms with Gasteiger partial charge in [-0.05, 0) is 46.7 Å². The molecule has 1 saturated heterocycles. The lowest BCUT2D eigenvalue weighted by atomic mass is 9.86. The minimum atomic E-state index is -2.99. The topological polar surface area (TPSA) is 108 Å². The highest BCUT2D eigenvalue weighted by molar-refractivity contribution is 8.25. The van der Waals surface area contributed by atoms with E-state index >= 15 is 0 Å². The molecule has 2 aromatic rings. The van der Waals surface area contributed by atoms with E-state index in [1.807, 2.05) is 19.1 Å². The van der Waals surface area contributed by atoms with Crippen molar-refractivity contribution in [2.75, 3.05) is 23.8 Å². The van der Waals surface area contributed by atoms with Crippen LogP contribution in [0.15, 0.2) is 41.4 Å². The molecule has 0 bridgehead atoms. The van der Waals surface area contributed by atoms with Gasteiger partial charge in [-0.15, -0.1) is 0 Å². The summed E-state index contributed by atoms with van der Waals surface area (Å²) < 4.78 is 35.5. The van der Waals surface area contributed by atoms with Crippen molar-refractivity contribution in [2.45, 2.75) is 52.6 Å². The molecule has 0 radical (unpaired) electrons. The van der Waals surface area contributed by atoms with Crippen molar-refractivity contribution in [1.29, 1.82) is 0 Å². The molecule has 1 atom stereocenters. The summed E-state index contributed by atoms with van der Waals surface area (Å²) in [4.78, 5) is 17.7. The lowest BCUT2D eigenvalue weighted by Crippen LogP contribution is -2.40. The average Bonchev–Trinajstić information content (AvgIpc) is 2.75. The highest BCUT2D eigenvalue weighted by atomic mass is 32.3. The van der Waals surface area contributed by atoms with E-state index in [9.17, 15) is 18.3 Å². The van der Waals surface area contributed by atoms with E-state index in [0.717, 1.165) is 5.56 Å². The number of nitrogens with zero attached hydrogens (tertiary/aromatic N) is 1. The second kappa shape index (κ2) is 10.6. The molecule has 0 saturated carbocycles. The van der Waals surface area contributed by atoms with Crippen LogP contribution in [0.3, 0.4) is 0 Å². The number of nitrogens with two attached hydrogens (primary N) is 1. The third-order valence-electron chi connectivity index (χ3n) is 6.06. The number of aliphatic imine (C=N–C) groups is 1. The standard InChI is InChI=1S/C26H36FN3O3S/c1-5-29-14-19-9-18(12-22(27)24(19)28)10-20-15-34(32,33)16-23(25(20)31)30-13-17-7-6-8-21(11-17)26(2,3)4/h6-9,11-12,20,29,32-33H,5,10,13-16,28H2,1-4H3/t20-/m1/s1. The number of nitrogens with one attached hydrogen (secondary N) is 1. The van der Waals surface area contributed by atoms with Gasteiger partial charge < -0.3 is 11.1 Å². The van der Waals surface area contributed by atoms with Crippen LogP contribution < -0.4 is 11.1 Å². The number of anilines is 1. The van der Waals surface area contributed by atoms with E-state index in [1.54, 1.807) is 6.07 Å². The van der Waals surface area contributed by atoms with Crippen molar-refractivity contribution in [3.05, 3.63) is 64.5 Å². The largest absolute Gasteiger partial charge is 0.396 e. The van der Waals surface area contributed by atoms with E-state index in [1.165, 1.54) is 11.6 Å². The molecule has 0 amide bonds. The second-order valence-corrected chi connectivity index (χ2v) is 12.2. The number of Topliss-reactive ketones (excluding diaryl/α,β-unsaturated/α-hetero) is 1. The van der Waals surface area contributed by atoms with Crippen LogP contribution in [0.2, 0.25) is 0 Å². The lowest BCUT2D eigenvalue weighted by Gasteiger charge is -2.39. The van der Waals surface area contributed by atoms with Crippen molar-refractivity contribution in [3.8, 4) is 0 Å². The van der Waals surface area contributed by atoms with E-state index in [0.29, 0.717) is 24.2 Å². The van der Waals surface area contributed by atoms with E-state index in [-0.39, 0.29) is 47.1 Å². The molecule has 1 heterocycles. The summed E-state index contributed by atoms with van der Waals surface area (Å²) in [6, 6.07) is 11.2. The quantitative estimate of drug-likeness (QED) is 0.412. The Balaban J connectivity index is 1.82. The molecule has 0 aromatic heterocycles. The van der Waals surface area contributed by atoms with Crippen LogP contribution in [-0.2, 0) is 29.7 Å². The van der Waals surface area contributed by atoms with Gasteiger partial charge in [0.2, 0.25) is 0 Å². The molecule has 2 aromatic carbocycles. The normalized spacial score (nSPS) is 20.5. The van der Waals surface area contributed by atoms with Gasteiger partial charge >= 0.3 is 0 Å². The molecule has 0 spiro atoms. The third-order valence-corrected chi connectivity index (χ3v) is 7.73. The second-order valence-electron chi connectivity index (χ2n) is 10.0. The van der Waals surface area contributed by atoms with Crippen molar-refractivity contribution >= 4 is 27.8 Å². The monoisotopic (exact) mass is 489 g/mol. The van der Waals surface area contributed by atoms with Gasteiger partial charge in [0.05, 0.1) is 23.7 Å². The molecule has 34 heavy (non-hydrogen) atoms. The lowest BCUT2D eigenvalue weighted by molar-refractivity contribution is -0.116. The Morgan fingerprint density at radius 1 is 1.21 bits per heavy atom. The molecule has 0 unspecified atom stereocenters. The number of hydrogen-bond donors (Lipinski definition) is 4. The molecule has 3 rings (SSSR count). The van der Waals surface area contributed by atoms with Crippen molar-refractivity contribution in [2.24, 2.45) is 10.9 Å². The SMILES string of the molecule is CCNCc1cc(C[C@@H]2CS(O)(O)CC(=NCc3cccc(C(C)(C)C)c3)C2=O)cc(F)c1N. The van der Waals surface area contributed by atoms with Crippen molar-refractivity contribution < 1.29 is 18.3 Å². The fraction of sp³-hybridized carbons (Fsp3) is 0.462. The van der Waals surface area contributed by atoms with Crippen molar-refractivity contribution in [3.63, 3.8) is 0 Å². The van der Waals surface area contributed by atoms with Gasteiger partial charge in [0.15, 0.2) is 5.78 Å². The number of nitrogen functional groups attached to an aromatic ring is 1. The van der Waals surface area contributed by atoms with Crippen LogP contribution in [0.5, 0.6) is 0 Å². The zero-order valence-corrected chi connectivity index (χ0v) is 21.2. The minimum Gasteiger partial charge on any atom is -0.396 e. The summed E-state index contributed by atoms with van der Waals surface area (Å²) in [6.07, 6.45) is 0.198. The van der Waals surface area contributed by atoms with Gasteiger partial charge in [-0.3, -0.25) is 18.9 Å². The Hall–Kier alpha value is -2.26. The fourth-order valence-corrected chi connectivity index (χ4v) is 5.83. The molecular weight excluding hydrogens is 453 g/mol. The highest BCUT2D eigenvalue weighted by Gasteiger charge is 2.36. The Morgan fingerprint density at radius 3 is 2.62 bits per heavy atom. The molecule has 0 aliphatic carbocycles. The van der Waals surface area contributed by atoms with Crippen LogP contribution in [0.25, 0.3) is 0 Å². The first kappa shape index (κ1) is 26.3. The number of ketones is 1. The number of rotatable bonds is 7. The number of hydrogen-bond acceptors (Lipinski definition) is 6. The number of carbonyl (C=O) groups is 1. The molecule has 5 N–H and O–H groups in total. The highest BCUT2D eigenvalue weighted by Crippen LogP contribution is 2.45. The first-order chi connectivity index (χ1) is 15.9. The summed E-state index contributed by atoms with van der Waals surface area (Å²) in [7, 11) is -2.99. The summed E-state index contributed by atoms with van der Waals surface area (Å²) >= 11 is 0. The van der Waals surface area contributed by atoms with Crippen LogP contribution in [0.4, 0.5) is 10.1 Å². The van der Waals surface area contributed by atoms with Crippen molar-refractivity contribution in [1.82, 2.24) is 5.32 Å². The minimum absolute atomic E-state index is 0.00966. The fourth-order valence-electron chi connectivity index (χ4n) is 4.13. The third kappa shape index (κ3) is 6.66. The Labute approximate surface area is 203 Å². The van der Waals surface area contributed by atoms with Gasteiger partial charge in [-0.1, -0.05) is 58.0 Å². The predicted octanol–water partition coefficient (Wildman–Crippen LogP) is 4.95. The molecule has 1 fully saturated rings. The molecule has 6 nitrogen and oxygen atoms in total. The van der Waals surface area contributed by atoms with E-state index < -0.39 is 22.3 Å². The van der Waals surface area contributed by atoms with Gasteiger partial charge in [0, 0.05) is 18.2 Å². The Bertz CT molecular complexity index is 1080. The molecule has 8 heteroatoms. The maximum Gasteiger partial charge on any atom is 0.183 e. The van der Waals surface area contributed by atoms with Gasteiger partial charge in [0.25, 0.3) is 0 Å². The number of benzene rings is 2. The average molecular weight is 490 g/mol. The molecule has 1 aliphatic heterocycles. The summed E-state index contributed by atoms with van der Waals surface area (Å²) in [6.45, 7) is 9.76. The maximum atomic E-state index is 14.4. The van der Waals surface area contributed by atoms with Crippen LogP contribution in [0, 0.1) is 11.7 Å². The van der Waals surface area contributed by atoms with E-state index in [4.69, 9.17) is 5.73 Å². The number of carbonyl (C=O) groups excluding carboxylic acids is 1. The first-order valence-corrected chi connectivity index (χ1v) is 13.5. The van der Waals surface area contributed by atoms with Gasteiger partial charge in [-0.2, -0.15) is 10.6 Å². The van der Waals surface area contributed by atoms with E-state index in [2.05, 4.69) is 43.2 Å². The predicted molar refractivity (Wildman–Crippen MR) is 139 cm³/mol. The molecule has 1 aliphatic rings. The van der Waals surface area contributed by atoms with Gasteiger partial charge in [0.1, 0.15) is 5.82 Å². The summed E-state index contributed by atoms with van der Waals surface area (Å²) in [5, 5.41) is 3.13. The summed E-state index contributed by atoms with van der Waals surface area (Å²) in [5.41, 5.74) is 9.50. The summed E-state index contributed by atoms with van der Waals surface area (Å²) in [5.74, 6) is -1.59. The first-order valence-electron chi connectivity index (χ1n) is 11.6. The smallest absolute Gasteiger partial charge is 0.183 e. The Morgan fingerprint density at radius 2 is 1.94 bits per heavy atom. The zero-order valence-electron chi connectivity index (χ0n) is 20.4. The number of halogens is 1. The van der Waals surface area contributed by atoms with Crippen LogP contribution in [-0.4, -0.2) is 38.7 Å². The van der Waals surface area contributed by atoms with Crippen LogP contribution >= 0.6 is 10.6 Å². The molecule has 186 valence electrons. The maximum absolute atomic E-state index is 14.4. The zero-order chi connectivity index (χ0) is 25.1. The molecular formula is C26H36FN3O3S. The van der Waals surface area contributed by atoms with Crippen LogP contribution in [0.1, 0.15) is 49.9 Å². The Kier molecular flexibility index (Phi) is 8.18. The van der Waals surface area contributed by atoms with Gasteiger partial charge in [-0.25, -0.2) is 4.39 Å².